The molecule has 1 aliphatic heterocycles. The lowest BCUT2D eigenvalue weighted by Crippen LogP contribution is -2.43. The van der Waals surface area contributed by atoms with Crippen molar-refractivity contribution in [3.05, 3.63) is 10.6 Å². The van der Waals surface area contributed by atoms with Gasteiger partial charge in [-0.05, 0) is 32.6 Å². The van der Waals surface area contributed by atoms with Crippen LogP contribution in [0, 0.1) is 6.92 Å². The van der Waals surface area contributed by atoms with E-state index < -0.39 is 0 Å². The standard InChI is InChI=1S/C13H21N3OS/c1-3-6-10-7-4-5-8-16(10)12(17)11-9(2)15-13(14)18-11/h10H,3-8H2,1-2H3,(H2,14,15). The van der Waals surface area contributed by atoms with Crippen molar-refractivity contribution in [1.82, 2.24) is 9.88 Å². The molecule has 0 radical (unpaired) electrons. The molecule has 1 aromatic heterocycles. The van der Waals surface area contributed by atoms with Crippen LogP contribution in [0.5, 0.6) is 0 Å². The molecule has 100 valence electrons. The summed E-state index contributed by atoms with van der Waals surface area (Å²) < 4.78 is 0. The summed E-state index contributed by atoms with van der Waals surface area (Å²) in [6.45, 7) is 4.91. The molecule has 1 aliphatic rings. The van der Waals surface area contributed by atoms with E-state index in [4.69, 9.17) is 5.73 Å². The molecule has 1 unspecified atom stereocenters. The van der Waals surface area contributed by atoms with E-state index in [9.17, 15) is 4.79 Å². The number of hydrogen-bond donors (Lipinski definition) is 1. The van der Waals surface area contributed by atoms with Crippen LogP contribution in [0.4, 0.5) is 5.13 Å². The number of carbonyl (C=O) groups excluding carboxylic acids is 1. The number of aryl methyl sites for hydroxylation is 1. The van der Waals surface area contributed by atoms with Crippen LogP contribution in [0.3, 0.4) is 0 Å². The summed E-state index contributed by atoms with van der Waals surface area (Å²) in [5, 5.41) is 0.486. The Kier molecular flexibility index (Phi) is 4.22. The van der Waals surface area contributed by atoms with E-state index in [-0.39, 0.29) is 5.91 Å². The van der Waals surface area contributed by atoms with Gasteiger partial charge in [0, 0.05) is 12.6 Å². The summed E-state index contributed by atoms with van der Waals surface area (Å²) >= 11 is 1.31. The number of likely N-dealkylation sites (tertiary alicyclic amines) is 1. The van der Waals surface area contributed by atoms with Crippen molar-refractivity contribution < 1.29 is 4.79 Å². The number of hydrogen-bond acceptors (Lipinski definition) is 4. The molecule has 0 saturated carbocycles. The Balaban J connectivity index is 2.18. The smallest absolute Gasteiger partial charge is 0.266 e. The van der Waals surface area contributed by atoms with Crippen LogP contribution >= 0.6 is 11.3 Å². The molecule has 2 rings (SSSR count). The van der Waals surface area contributed by atoms with Crippen molar-refractivity contribution in [1.29, 1.82) is 0 Å². The zero-order chi connectivity index (χ0) is 13.1. The maximum Gasteiger partial charge on any atom is 0.266 e. The topological polar surface area (TPSA) is 59.2 Å². The normalized spacial score (nSPS) is 20.1. The molecule has 1 aromatic rings. The maximum atomic E-state index is 12.6. The Hall–Kier alpha value is -1.10. The van der Waals surface area contributed by atoms with E-state index in [1.54, 1.807) is 0 Å². The van der Waals surface area contributed by atoms with Gasteiger partial charge in [-0.25, -0.2) is 4.98 Å². The summed E-state index contributed by atoms with van der Waals surface area (Å²) in [6.07, 6.45) is 5.70. The lowest BCUT2D eigenvalue weighted by Gasteiger charge is -2.35. The van der Waals surface area contributed by atoms with Gasteiger partial charge in [-0.1, -0.05) is 24.7 Å². The maximum absolute atomic E-state index is 12.6. The summed E-state index contributed by atoms with van der Waals surface area (Å²) in [6, 6.07) is 0.402. The predicted molar refractivity (Wildman–Crippen MR) is 74.8 cm³/mol. The Morgan fingerprint density at radius 3 is 2.94 bits per heavy atom. The molecule has 18 heavy (non-hydrogen) atoms. The van der Waals surface area contributed by atoms with Crippen molar-refractivity contribution >= 4 is 22.4 Å². The molecule has 0 aromatic carbocycles. The van der Waals surface area contributed by atoms with Crippen LogP contribution in [0.2, 0.25) is 0 Å². The lowest BCUT2D eigenvalue weighted by atomic mass is 9.98. The molecule has 2 N–H and O–H groups in total. The van der Waals surface area contributed by atoms with Gasteiger partial charge in [0.05, 0.1) is 5.69 Å². The van der Waals surface area contributed by atoms with Crippen LogP contribution in [0.15, 0.2) is 0 Å². The first kappa shape index (κ1) is 13.3. The number of piperidine rings is 1. The number of aromatic nitrogens is 1. The molecule has 1 fully saturated rings. The monoisotopic (exact) mass is 267 g/mol. The van der Waals surface area contributed by atoms with Crippen molar-refractivity contribution in [3.8, 4) is 0 Å². The zero-order valence-corrected chi connectivity index (χ0v) is 11.9. The number of nitrogen functional groups attached to an aromatic ring is 1. The number of rotatable bonds is 3. The number of thiazole rings is 1. The number of anilines is 1. The Morgan fingerprint density at radius 1 is 1.56 bits per heavy atom. The summed E-state index contributed by atoms with van der Waals surface area (Å²) in [7, 11) is 0. The lowest BCUT2D eigenvalue weighted by molar-refractivity contribution is 0.0605. The van der Waals surface area contributed by atoms with Gasteiger partial charge in [0.15, 0.2) is 5.13 Å². The van der Waals surface area contributed by atoms with Crippen molar-refractivity contribution in [2.24, 2.45) is 0 Å². The number of nitrogens with zero attached hydrogens (tertiary/aromatic N) is 2. The minimum absolute atomic E-state index is 0.125. The highest BCUT2D eigenvalue weighted by molar-refractivity contribution is 7.17. The Morgan fingerprint density at radius 2 is 2.33 bits per heavy atom. The van der Waals surface area contributed by atoms with Gasteiger partial charge in [-0.2, -0.15) is 0 Å². The Labute approximate surface area is 112 Å². The predicted octanol–water partition coefficient (Wildman–Crippen LogP) is 2.83. The van der Waals surface area contributed by atoms with Crippen LogP contribution in [-0.2, 0) is 0 Å². The molecule has 1 atom stereocenters. The molecule has 5 heteroatoms. The molecule has 1 amide bonds. The zero-order valence-electron chi connectivity index (χ0n) is 11.1. The second-order valence-electron chi connectivity index (χ2n) is 4.90. The van der Waals surface area contributed by atoms with Crippen molar-refractivity contribution in [2.45, 2.75) is 52.0 Å². The fraction of sp³-hybridized carbons (Fsp3) is 0.692. The molecule has 0 aliphatic carbocycles. The van der Waals surface area contributed by atoms with Crippen LogP contribution < -0.4 is 5.73 Å². The molecular formula is C13H21N3OS. The van der Waals surface area contributed by atoms with Crippen molar-refractivity contribution in [3.63, 3.8) is 0 Å². The second-order valence-corrected chi connectivity index (χ2v) is 5.93. The fourth-order valence-corrected chi connectivity index (χ4v) is 3.44. The molecule has 1 saturated heterocycles. The largest absolute Gasteiger partial charge is 0.375 e. The average molecular weight is 267 g/mol. The molecular weight excluding hydrogens is 246 g/mol. The highest BCUT2D eigenvalue weighted by atomic mass is 32.1. The molecule has 4 nitrogen and oxygen atoms in total. The summed E-state index contributed by atoms with van der Waals surface area (Å²) in [5.74, 6) is 0.125. The van der Waals surface area contributed by atoms with Gasteiger partial charge in [0.1, 0.15) is 4.88 Å². The van der Waals surface area contributed by atoms with E-state index >= 15 is 0 Å². The van der Waals surface area contributed by atoms with E-state index in [1.165, 1.54) is 17.8 Å². The summed E-state index contributed by atoms with van der Waals surface area (Å²) in [5.41, 5.74) is 6.44. The molecule has 0 bridgehead atoms. The number of amides is 1. The third-order valence-electron chi connectivity index (χ3n) is 3.52. The van der Waals surface area contributed by atoms with E-state index in [0.717, 1.165) is 42.8 Å². The highest BCUT2D eigenvalue weighted by Crippen LogP contribution is 2.27. The van der Waals surface area contributed by atoms with Gasteiger partial charge >= 0.3 is 0 Å². The third kappa shape index (κ3) is 2.66. The fourth-order valence-electron chi connectivity index (χ4n) is 2.65. The van der Waals surface area contributed by atoms with E-state index in [0.29, 0.717) is 11.2 Å². The van der Waals surface area contributed by atoms with Gasteiger partial charge in [-0.15, -0.1) is 0 Å². The molecule has 0 spiro atoms. The molecule has 2 heterocycles. The minimum Gasteiger partial charge on any atom is -0.375 e. The first-order valence-electron chi connectivity index (χ1n) is 6.67. The average Bonchev–Trinajstić information content (AvgIpc) is 2.69. The SMILES string of the molecule is CCCC1CCCCN1C(=O)c1sc(N)nc1C. The first-order valence-corrected chi connectivity index (χ1v) is 7.49. The van der Waals surface area contributed by atoms with E-state index in [1.807, 2.05) is 11.8 Å². The van der Waals surface area contributed by atoms with Crippen LogP contribution in [-0.4, -0.2) is 28.4 Å². The second kappa shape index (κ2) is 5.69. The quantitative estimate of drug-likeness (QED) is 0.916. The van der Waals surface area contributed by atoms with Crippen LogP contribution in [0.1, 0.15) is 54.4 Å². The van der Waals surface area contributed by atoms with Gasteiger partial charge < -0.3 is 10.6 Å². The minimum atomic E-state index is 0.125. The number of nitrogens with two attached hydrogens (primary N) is 1. The van der Waals surface area contributed by atoms with E-state index in [2.05, 4.69) is 11.9 Å². The summed E-state index contributed by atoms with van der Waals surface area (Å²) in [4.78, 5) is 19.5. The Bertz CT molecular complexity index is 428. The number of carbonyl (C=O) groups is 1. The highest BCUT2D eigenvalue weighted by Gasteiger charge is 2.28. The van der Waals surface area contributed by atoms with Crippen molar-refractivity contribution in [2.75, 3.05) is 12.3 Å². The first-order chi connectivity index (χ1) is 8.63. The van der Waals surface area contributed by atoms with Crippen LogP contribution in [0.25, 0.3) is 0 Å². The van der Waals surface area contributed by atoms with Gasteiger partial charge in [-0.3, -0.25) is 4.79 Å². The van der Waals surface area contributed by atoms with Gasteiger partial charge in [0.2, 0.25) is 0 Å². The van der Waals surface area contributed by atoms with Gasteiger partial charge in [0.25, 0.3) is 5.91 Å². The third-order valence-corrected chi connectivity index (χ3v) is 4.49.